The first-order valence-electron chi connectivity index (χ1n) is 4.93. The van der Waals surface area contributed by atoms with Crippen molar-refractivity contribution in [1.29, 1.82) is 0 Å². The first kappa shape index (κ1) is 11.4. The Morgan fingerprint density at radius 2 is 2.27 bits per heavy atom. The second-order valence-corrected chi connectivity index (χ2v) is 6.78. The third kappa shape index (κ3) is 2.36. The second kappa shape index (κ2) is 4.82. The van der Waals surface area contributed by atoms with Gasteiger partial charge in [-0.15, -0.1) is 11.8 Å². The summed E-state index contributed by atoms with van der Waals surface area (Å²) >= 11 is 1.61. The molecule has 0 aromatic heterocycles. The number of allylic oxidation sites excluding steroid dienone is 2. The van der Waals surface area contributed by atoms with Gasteiger partial charge in [-0.3, -0.25) is 4.21 Å². The van der Waals surface area contributed by atoms with Crippen molar-refractivity contribution in [1.82, 2.24) is 0 Å². The second-order valence-electron chi connectivity index (χ2n) is 3.63. The van der Waals surface area contributed by atoms with Gasteiger partial charge in [-0.2, -0.15) is 0 Å². The Balaban J connectivity index is 2.18. The van der Waals surface area contributed by atoms with Gasteiger partial charge in [-0.1, -0.05) is 18.2 Å². The molecule has 0 aromatic rings. The highest BCUT2D eigenvalue weighted by atomic mass is 32.2. The minimum Gasteiger partial charge on any atom is -0.386 e. The molecular formula is C10H14O3S2. The first-order chi connectivity index (χ1) is 7.20. The number of hydrogen-bond acceptors (Lipinski definition) is 4. The van der Waals surface area contributed by atoms with Crippen molar-refractivity contribution in [3.8, 4) is 0 Å². The summed E-state index contributed by atoms with van der Waals surface area (Å²) in [4.78, 5) is 0. The smallest absolute Gasteiger partial charge is 0.107 e. The highest BCUT2D eigenvalue weighted by molar-refractivity contribution is 8.12. The molecule has 1 aliphatic carbocycles. The fourth-order valence-electron chi connectivity index (χ4n) is 1.72. The van der Waals surface area contributed by atoms with Crippen molar-refractivity contribution in [3.63, 3.8) is 0 Å². The third-order valence-electron chi connectivity index (χ3n) is 2.53. The van der Waals surface area contributed by atoms with Gasteiger partial charge >= 0.3 is 0 Å². The van der Waals surface area contributed by atoms with Crippen LogP contribution in [0.25, 0.3) is 0 Å². The van der Waals surface area contributed by atoms with E-state index < -0.39 is 23.0 Å². The van der Waals surface area contributed by atoms with Gasteiger partial charge in [0.1, 0.15) is 16.8 Å². The minimum absolute atomic E-state index is 0.145. The molecule has 1 fully saturated rings. The van der Waals surface area contributed by atoms with Crippen LogP contribution in [0.4, 0.5) is 0 Å². The van der Waals surface area contributed by atoms with Crippen LogP contribution < -0.4 is 0 Å². The molecule has 2 N–H and O–H groups in total. The summed E-state index contributed by atoms with van der Waals surface area (Å²) in [6.07, 6.45) is 4.26. The predicted octanol–water partition coefficient (Wildman–Crippen LogP) is 0.416. The van der Waals surface area contributed by atoms with Crippen LogP contribution in [-0.4, -0.2) is 42.7 Å². The SMILES string of the molecule is O=S1CCCS[C@@H]1C1=CC=C[C@H](O)[C@@H]1O. The van der Waals surface area contributed by atoms with Crippen LogP contribution in [0.2, 0.25) is 0 Å². The largest absolute Gasteiger partial charge is 0.386 e. The molecule has 5 heteroatoms. The van der Waals surface area contributed by atoms with Crippen LogP contribution in [0.15, 0.2) is 23.8 Å². The van der Waals surface area contributed by atoms with E-state index >= 15 is 0 Å². The molecule has 1 heterocycles. The van der Waals surface area contributed by atoms with Crippen molar-refractivity contribution in [3.05, 3.63) is 23.8 Å². The molecule has 0 radical (unpaired) electrons. The van der Waals surface area contributed by atoms with Gasteiger partial charge in [-0.25, -0.2) is 0 Å². The minimum atomic E-state index is -0.921. The Kier molecular flexibility index (Phi) is 3.66. The van der Waals surface area contributed by atoms with E-state index in [1.807, 2.05) is 0 Å². The first-order valence-corrected chi connectivity index (χ1v) is 7.36. The summed E-state index contributed by atoms with van der Waals surface area (Å²) in [7, 11) is -0.921. The van der Waals surface area contributed by atoms with Crippen LogP contribution in [0.1, 0.15) is 6.42 Å². The van der Waals surface area contributed by atoms with Crippen LogP contribution in [-0.2, 0) is 10.8 Å². The van der Waals surface area contributed by atoms with E-state index in [0.29, 0.717) is 11.3 Å². The predicted molar refractivity (Wildman–Crippen MR) is 63.1 cm³/mol. The van der Waals surface area contributed by atoms with E-state index in [1.54, 1.807) is 30.0 Å². The van der Waals surface area contributed by atoms with E-state index in [1.165, 1.54) is 0 Å². The van der Waals surface area contributed by atoms with Crippen LogP contribution in [0.3, 0.4) is 0 Å². The molecule has 3 nitrogen and oxygen atoms in total. The van der Waals surface area contributed by atoms with Crippen molar-refractivity contribution < 1.29 is 14.4 Å². The zero-order chi connectivity index (χ0) is 10.8. The lowest BCUT2D eigenvalue weighted by Gasteiger charge is -2.29. The standard InChI is InChI=1S/C10H14O3S2/c11-8-4-1-3-7(9(8)12)10-14-5-2-6-15(10)13/h1,3-4,8-12H,2,5-6H2/t8-,9+,10-,15?/m0/s1. The van der Waals surface area contributed by atoms with Crippen LogP contribution >= 0.6 is 11.8 Å². The Morgan fingerprint density at radius 3 is 3.00 bits per heavy atom. The lowest BCUT2D eigenvalue weighted by atomic mass is 10.0. The van der Waals surface area contributed by atoms with Gasteiger partial charge < -0.3 is 10.2 Å². The number of aliphatic hydroxyl groups is 2. The van der Waals surface area contributed by atoms with E-state index in [2.05, 4.69) is 0 Å². The molecule has 0 spiro atoms. The normalized spacial score (nSPS) is 41.3. The molecule has 15 heavy (non-hydrogen) atoms. The molecular weight excluding hydrogens is 232 g/mol. The molecule has 4 atom stereocenters. The van der Waals surface area contributed by atoms with Gasteiger partial charge in [-0.05, 0) is 17.7 Å². The summed E-state index contributed by atoms with van der Waals surface area (Å²) < 4.78 is 11.6. The molecule has 0 saturated carbocycles. The monoisotopic (exact) mass is 246 g/mol. The average molecular weight is 246 g/mol. The molecule has 0 amide bonds. The Hall–Kier alpha value is -0.100. The molecule has 1 unspecified atom stereocenters. The highest BCUT2D eigenvalue weighted by Crippen LogP contribution is 2.32. The Bertz CT molecular complexity index is 325. The van der Waals surface area contributed by atoms with Crippen molar-refractivity contribution in [2.24, 2.45) is 0 Å². The van der Waals surface area contributed by atoms with E-state index in [4.69, 9.17) is 0 Å². The number of hydrogen-bond donors (Lipinski definition) is 2. The Labute approximate surface area is 95.7 Å². The number of thioether (sulfide) groups is 1. The van der Waals surface area contributed by atoms with E-state index in [0.717, 1.165) is 12.2 Å². The zero-order valence-corrected chi connectivity index (χ0v) is 9.84. The lowest BCUT2D eigenvalue weighted by molar-refractivity contribution is 0.0712. The molecule has 2 aliphatic rings. The lowest BCUT2D eigenvalue weighted by Crippen LogP contribution is -2.35. The average Bonchev–Trinajstić information content (AvgIpc) is 2.23. The molecule has 1 aliphatic heterocycles. The van der Waals surface area contributed by atoms with Gasteiger partial charge in [0.25, 0.3) is 0 Å². The van der Waals surface area contributed by atoms with Crippen LogP contribution in [0, 0.1) is 0 Å². The summed E-state index contributed by atoms with van der Waals surface area (Å²) in [6, 6.07) is 0. The van der Waals surface area contributed by atoms with Gasteiger partial charge in [0, 0.05) is 16.6 Å². The number of aliphatic hydroxyl groups excluding tert-OH is 2. The highest BCUT2D eigenvalue weighted by Gasteiger charge is 2.32. The maximum atomic E-state index is 11.8. The summed E-state index contributed by atoms with van der Waals surface area (Å²) in [5.41, 5.74) is 0.702. The van der Waals surface area contributed by atoms with Gasteiger partial charge in [0.05, 0.1) is 0 Å². The third-order valence-corrected chi connectivity index (χ3v) is 6.12. The van der Waals surface area contributed by atoms with Gasteiger partial charge in [0.15, 0.2) is 0 Å². The van der Waals surface area contributed by atoms with E-state index in [9.17, 15) is 14.4 Å². The molecule has 0 aromatic carbocycles. The van der Waals surface area contributed by atoms with E-state index in [-0.39, 0.29) is 4.58 Å². The van der Waals surface area contributed by atoms with Gasteiger partial charge in [0.2, 0.25) is 0 Å². The maximum absolute atomic E-state index is 11.8. The topological polar surface area (TPSA) is 57.5 Å². The quantitative estimate of drug-likeness (QED) is 0.704. The van der Waals surface area contributed by atoms with Crippen molar-refractivity contribution in [2.45, 2.75) is 23.2 Å². The number of rotatable bonds is 1. The maximum Gasteiger partial charge on any atom is 0.107 e. The Morgan fingerprint density at radius 1 is 1.47 bits per heavy atom. The van der Waals surface area contributed by atoms with Crippen molar-refractivity contribution >= 4 is 22.6 Å². The fraction of sp³-hybridized carbons (Fsp3) is 0.600. The molecule has 0 bridgehead atoms. The fourth-order valence-corrected chi connectivity index (χ4v) is 5.19. The molecule has 2 rings (SSSR count). The summed E-state index contributed by atoms with van der Waals surface area (Å²) in [5.74, 6) is 1.67. The summed E-state index contributed by atoms with van der Waals surface area (Å²) in [6.45, 7) is 0. The summed E-state index contributed by atoms with van der Waals surface area (Å²) in [5, 5.41) is 19.3. The molecule has 84 valence electrons. The van der Waals surface area contributed by atoms with Crippen molar-refractivity contribution in [2.75, 3.05) is 11.5 Å². The zero-order valence-electron chi connectivity index (χ0n) is 8.20. The molecule has 1 saturated heterocycles. The van der Waals surface area contributed by atoms with Crippen LogP contribution in [0.5, 0.6) is 0 Å².